The van der Waals surface area contributed by atoms with Gasteiger partial charge in [0.2, 0.25) is 0 Å². The summed E-state index contributed by atoms with van der Waals surface area (Å²) in [5, 5.41) is 4.90. The summed E-state index contributed by atoms with van der Waals surface area (Å²) in [4.78, 5) is 6.39. The molecule has 20 heavy (non-hydrogen) atoms. The molecular formula is C14H18ClN5. The fraction of sp³-hybridized carbons (Fsp3) is 0.429. The summed E-state index contributed by atoms with van der Waals surface area (Å²) in [6, 6.07) is 6.18. The fourth-order valence-electron chi connectivity index (χ4n) is 2.69. The van der Waals surface area contributed by atoms with Crippen molar-refractivity contribution < 1.29 is 0 Å². The van der Waals surface area contributed by atoms with Crippen LogP contribution in [0.15, 0.2) is 30.9 Å². The normalized spacial score (nSPS) is 20.2. The molecule has 1 aliphatic heterocycles. The Morgan fingerprint density at radius 2 is 2.30 bits per heavy atom. The second-order valence-electron chi connectivity index (χ2n) is 5.25. The molecule has 3 rings (SSSR count). The van der Waals surface area contributed by atoms with Crippen LogP contribution < -0.4 is 5.73 Å². The van der Waals surface area contributed by atoms with E-state index in [2.05, 4.69) is 21.0 Å². The number of nitrogens with two attached hydrogens (primary N) is 1. The van der Waals surface area contributed by atoms with Gasteiger partial charge < -0.3 is 5.73 Å². The zero-order valence-electron chi connectivity index (χ0n) is 11.2. The van der Waals surface area contributed by atoms with Crippen molar-refractivity contribution in [2.45, 2.75) is 25.4 Å². The van der Waals surface area contributed by atoms with Gasteiger partial charge in [-0.25, -0.2) is 9.67 Å². The predicted octanol–water partition coefficient (Wildman–Crippen LogP) is 1.84. The number of hydrogen-bond donors (Lipinski definition) is 1. The third-order valence-corrected chi connectivity index (χ3v) is 3.88. The number of hydrogen-bond acceptors (Lipinski definition) is 4. The van der Waals surface area contributed by atoms with Crippen molar-refractivity contribution in [3.8, 4) is 5.69 Å². The fourth-order valence-corrected chi connectivity index (χ4v) is 2.86. The van der Waals surface area contributed by atoms with Crippen LogP contribution in [-0.2, 0) is 6.54 Å². The highest BCUT2D eigenvalue weighted by Crippen LogP contribution is 2.22. The number of rotatable bonds is 3. The van der Waals surface area contributed by atoms with E-state index in [0.29, 0.717) is 5.02 Å². The van der Waals surface area contributed by atoms with E-state index in [1.807, 2.05) is 12.1 Å². The van der Waals surface area contributed by atoms with Crippen molar-refractivity contribution in [2.75, 3.05) is 13.1 Å². The molecule has 1 aromatic carbocycles. The average Bonchev–Trinajstić information content (AvgIpc) is 2.95. The van der Waals surface area contributed by atoms with Crippen LogP contribution in [0.4, 0.5) is 0 Å². The lowest BCUT2D eigenvalue weighted by Crippen LogP contribution is -2.42. The average molecular weight is 292 g/mol. The SMILES string of the molecule is N[C@@H]1CCCN(Cc2ccc(Cl)cc2-n2cncn2)C1. The highest BCUT2D eigenvalue weighted by atomic mass is 35.5. The summed E-state index contributed by atoms with van der Waals surface area (Å²) < 4.78 is 1.76. The van der Waals surface area contributed by atoms with Crippen LogP contribution in [0.5, 0.6) is 0 Å². The van der Waals surface area contributed by atoms with Gasteiger partial charge in [-0.05, 0) is 37.1 Å². The summed E-state index contributed by atoms with van der Waals surface area (Å²) in [7, 11) is 0. The molecule has 1 atom stereocenters. The van der Waals surface area contributed by atoms with Gasteiger partial charge in [0, 0.05) is 24.2 Å². The molecular weight excluding hydrogens is 274 g/mol. The molecule has 0 amide bonds. The summed E-state index contributed by atoms with van der Waals surface area (Å²) in [5.41, 5.74) is 8.21. The number of halogens is 1. The van der Waals surface area contributed by atoms with Crippen molar-refractivity contribution in [3.05, 3.63) is 41.4 Å². The quantitative estimate of drug-likeness (QED) is 0.937. The van der Waals surface area contributed by atoms with Crippen molar-refractivity contribution in [1.29, 1.82) is 0 Å². The van der Waals surface area contributed by atoms with Crippen LogP contribution >= 0.6 is 11.6 Å². The molecule has 1 saturated heterocycles. The molecule has 6 heteroatoms. The van der Waals surface area contributed by atoms with Crippen LogP contribution in [0.1, 0.15) is 18.4 Å². The monoisotopic (exact) mass is 291 g/mol. The van der Waals surface area contributed by atoms with Gasteiger partial charge in [-0.2, -0.15) is 5.10 Å². The number of piperidine rings is 1. The third-order valence-electron chi connectivity index (χ3n) is 3.65. The molecule has 2 heterocycles. The predicted molar refractivity (Wildman–Crippen MR) is 78.9 cm³/mol. The lowest BCUT2D eigenvalue weighted by Gasteiger charge is -2.31. The van der Waals surface area contributed by atoms with E-state index in [9.17, 15) is 0 Å². The van der Waals surface area contributed by atoms with E-state index >= 15 is 0 Å². The molecule has 1 aromatic heterocycles. The first kappa shape index (κ1) is 13.5. The van der Waals surface area contributed by atoms with Gasteiger partial charge in [0.15, 0.2) is 0 Å². The van der Waals surface area contributed by atoms with E-state index in [0.717, 1.165) is 38.2 Å². The Bertz CT molecular complexity index is 569. The molecule has 106 valence electrons. The highest BCUT2D eigenvalue weighted by Gasteiger charge is 2.18. The first-order valence-electron chi connectivity index (χ1n) is 6.84. The van der Waals surface area contributed by atoms with Crippen molar-refractivity contribution >= 4 is 11.6 Å². The van der Waals surface area contributed by atoms with Crippen LogP contribution in [0.2, 0.25) is 5.02 Å². The smallest absolute Gasteiger partial charge is 0.138 e. The Kier molecular flexibility index (Phi) is 4.00. The minimum atomic E-state index is 0.283. The van der Waals surface area contributed by atoms with Crippen molar-refractivity contribution in [2.24, 2.45) is 5.73 Å². The molecule has 2 aromatic rings. The molecule has 0 unspecified atom stereocenters. The molecule has 1 aliphatic rings. The first-order chi connectivity index (χ1) is 9.72. The van der Waals surface area contributed by atoms with Crippen LogP contribution in [0.3, 0.4) is 0 Å². The van der Waals surface area contributed by atoms with Gasteiger partial charge in [-0.1, -0.05) is 17.7 Å². The molecule has 5 nitrogen and oxygen atoms in total. The van der Waals surface area contributed by atoms with Crippen molar-refractivity contribution in [1.82, 2.24) is 19.7 Å². The van der Waals surface area contributed by atoms with Gasteiger partial charge in [-0.15, -0.1) is 0 Å². The standard InChI is InChI=1S/C14H18ClN5/c15-12-4-3-11(7-19-5-1-2-13(16)8-19)14(6-12)20-10-17-9-18-20/h3-4,6,9-10,13H,1-2,5,7-8,16H2/t13-/m1/s1. The maximum atomic E-state index is 6.10. The van der Waals surface area contributed by atoms with E-state index in [-0.39, 0.29) is 6.04 Å². The largest absolute Gasteiger partial charge is 0.327 e. The van der Waals surface area contributed by atoms with Crippen LogP contribution in [0.25, 0.3) is 5.69 Å². The lowest BCUT2D eigenvalue weighted by molar-refractivity contribution is 0.201. The molecule has 1 fully saturated rings. The van der Waals surface area contributed by atoms with E-state index in [1.165, 1.54) is 11.9 Å². The maximum Gasteiger partial charge on any atom is 0.138 e. The van der Waals surface area contributed by atoms with Gasteiger partial charge in [0.05, 0.1) is 5.69 Å². The van der Waals surface area contributed by atoms with E-state index < -0.39 is 0 Å². The summed E-state index contributed by atoms with van der Waals surface area (Å²) in [5.74, 6) is 0. The molecule has 0 saturated carbocycles. The minimum Gasteiger partial charge on any atom is -0.327 e. The first-order valence-corrected chi connectivity index (χ1v) is 7.21. The number of nitrogens with zero attached hydrogens (tertiary/aromatic N) is 4. The number of likely N-dealkylation sites (tertiary alicyclic amines) is 1. The Morgan fingerprint density at radius 3 is 3.05 bits per heavy atom. The molecule has 0 bridgehead atoms. The second kappa shape index (κ2) is 5.91. The van der Waals surface area contributed by atoms with Gasteiger partial charge in [-0.3, -0.25) is 4.90 Å². The van der Waals surface area contributed by atoms with Gasteiger partial charge in [0.1, 0.15) is 12.7 Å². The summed E-state index contributed by atoms with van der Waals surface area (Å²) >= 11 is 6.10. The molecule has 0 aliphatic carbocycles. The molecule has 2 N–H and O–H groups in total. The Balaban J connectivity index is 1.85. The summed E-state index contributed by atoms with van der Waals surface area (Å²) in [6.45, 7) is 2.90. The highest BCUT2D eigenvalue weighted by molar-refractivity contribution is 6.30. The summed E-state index contributed by atoms with van der Waals surface area (Å²) in [6.07, 6.45) is 5.50. The second-order valence-corrected chi connectivity index (χ2v) is 5.69. The van der Waals surface area contributed by atoms with Gasteiger partial charge in [0.25, 0.3) is 0 Å². The van der Waals surface area contributed by atoms with Crippen molar-refractivity contribution in [3.63, 3.8) is 0 Å². The number of aromatic nitrogens is 3. The van der Waals surface area contributed by atoms with Crippen LogP contribution in [0, 0.1) is 0 Å². The Morgan fingerprint density at radius 1 is 1.40 bits per heavy atom. The molecule has 0 radical (unpaired) electrons. The Hall–Kier alpha value is -1.43. The third kappa shape index (κ3) is 3.00. The lowest BCUT2D eigenvalue weighted by atomic mass is 10.1. The zero-order chi connectivity index (χ0) is 13.9. The van der Waals surface area contributed by atoms with Crippen LogP contribution in [-0.4, -0.2) is 38.8 Å². The Labute approximate surface area is 123 Å². The maximum absolute atomic E-state index is 6.10. The topological polar surface area (TPSA) is 60.0 Å². The van der Waals surface area contributed by atoms with E-state index in [1.54, 1.807) is 11.0 Å². The van der Waals surface area contributed by atoms with Gasteiger partial charge >= 0.3 is 0 Å². The number of benzene rings is 1. The zero-order valence-corrected chi connectivity index (χ0v) is 12.0. The minimum absolute atomic E-state index is 0.283. The molecule has 0 spiro atoms. The van der Waals surface area contributed by atoms with E-state index in [4.69, 9.17) is 17.3 Å².